The van der Waals surface area contributed by atoms with Crippen molar-refractivity contribution in [1.82, 2.24) is 0 Å². The van der Waals surface area contributed by atoms with Crippen molar-refractivity contribution in [3.63, 3.8) is 0 Å². The second-order valence-corrected chi connectivity index (χ2v) is 5.21. The molecule has 1 aliphatic carbocycles. The van der Waals surface area contributed by atoms with Gasteiger partial charge < -0.3 is 14.2 Å². The molecule has 0 unspecified atom stereocenters. The van der Waals surface area contributed by atoms with Crippen molar-refractivity contribution in [3.8, 4) is 11.5 Å². The highest BCUT2D eigenvalue weighted by molar-refractivity contribution is 5.55. The molecule has 1 saturated carbocycles. The first-order valence-corrected chi connectivity index (χ1v) is 7.04. The van der Waals surface area contributed by atoms with Crippen LogP contribution < -0.4 is 9.47 Å². The first-order chi connectivity index (χ1) is 10.2. The Morgan fingerprint density at radius 2 is 1.90 bits per heavy atom. The summed E-state index contributed by atoms with van der Waals surface area (Å²) in [6.45, 7) is 0.436. The minimum absolute atomic E-state index is 0.436. The average molecular weight is 291 g/mol. The molecule has 0 amide bonds. The molecule has 0 radical (unpaired) electrons. The molecule has 0 heterocycles. The summed E-state index contributed by atoms with van der Waals surface area (Å²) in [6, 6.07) is 3.80. The minimum Gasteiger partial charge on any atom is -0.493 e. The fourth-order valence-electron chi connectivity index (χ4n) is 3.22. The van der Waals surface area contributed by atoms with Gasteiger partial charge >= 0.3 is 0 Å². The van der Waals surface area contributed by atoms with E-state index >= 15 is 0 Å². The van der Waals surface area contributed by atoms with Gasteiger partial charge in [-0.1, -0.05) is 18.9 Å². The smallest absolute Gasteiger partial charge is 0.235 e. The fraction of sp³-hybridized carbons (Fsp3) is 0.562. The third-order valence-electron chi connectivity index (χ3n) is 4.09. The lowest BCUT2D eigenvalue weighted by Crippen LogP contribution is -2.23. The Balaban J connectivity index is 2.69. The normalized spacial score (nSPS) is 16.3. The maximum Gasteiger partial charge on any atom is 0.235 e. The van der Waals surface area contributed by atoms with E-state index in [1.807, 2.05) is 12.1 Å². The molecule has 0 atom stereocenters. The molecule has 0 N–H and O–H groups in total. The van der Waals surface area contributed by atoms with Crippen LogP contribution in [0, 0.1) is 0 Å². The molecule has 0 aromatic heterocycles. The molecule has 1 aliphatic rings. The molecule has 1 aromatic rings. The number of methoxy groups -OCH3 is 3. The highest BCUT2D eigenvalue weighted by Crippen LogP contribution is 2.50. The topological polar surface area (TPSA) is 57.1 Å². The van der Waals surface area contributed by atoms with E-state index in [2.05, 4.69) is 4.99 Å². The maximum atomic E-state index is 11.0. The molecule has 0 spiro atoms. The van der Waals surface area contributed by atoms with Crippen LogP contribution in [0.1, 0.15) is 36.8 Å². The van der Waals surface area contributed by atoms with E-state index in [1.54, 1.807) is 27.4 Å². The summed E-state index contributed by atoms with van der Waals surface area (Å²) in [4.78, 5) is 15.1. The summed E-state index contributed by atoms with van der Waals surface area (Å²) in [7, 11) is 4.85. The number of isocyanates is 1. The molecule has 5 nitrogen and oxygen atoms in total. The Kier molecular flexibility index (Phi) is 4.99. The fourth-order valence-corrected chi connectivity index (χ4v) is 3.22. The monoisotopic (exact) mass is 291 g/mol. The average Bonchev–Trinajstić information content (AvgIpc) is 2.96. The molecule has 114 valence electrons. The van der Waals surface area contributed by atoms with E-state index in [0.717, 1.165) is 36.8 Å². The van der Waals surface area contributed by atoms with Gasteiger partial charge in [0, 0.05) is 12.7 Å². The molecule has 0 aliphatic heterocycles. The van der Waals surface area contributed by atoms with E-state index in [-0.39, 0.29) is 0 Å². The van der Waals surface area contributed by atoms with Gasteiger partial charge in [0.2, 0.25) is 6.08 Å². The van der Waals surface area contributed by atoms with Gasteiger partial charge in [0.05, 0.1) is 20.8 Å². The van der Waals surface area contributed by atoms with Crippen LogP contribution in [0.2, 0.25) is 0 Å². The summed E-state index contributed by atoms with van der Waals surface area (Å²) in [6.07, 6.45) is 5.41. The van der Waals surface area contributed by atoms with E-state index < -0.39 is 5.54 Å². The number of nitrogens with zero attached hydrogens (tertiary/aromatic N) is 1. The SMILES string of the molecule is COCc1ccc(OC)c(OC)c1C1(N=C=O)CCCC1. The Morgan fingerprint density at radius 1 is 1.19 bits per heavy atom. The van der Waals surface area contributed by atoms with Crippen molar-refractivity contribution in [2.24, 2.45) is 4.99 Å². The first-order valence-electron chi connectivity index (χ1n) is 7.04. The first kappa shape index (κ1) is 15.5. The number of carbonyl (C=O) groups excluding carboxylic acids is 1. The summed E-state index contributed by atoms with van der Waals surface area (Å²) < 4.78 is 16.2. The van der Waals surface area contributed by atoms with Crippen LogP contribution >= 0.6 is 0 Å². The molecule has 1 aromatic carbocycles. The number of hydrogen-bond donors (Lipinski definition) is 0. The molecule has 5 heteroatoms. The van der Waals surface area contributed by atoms with E-state index in [4.69, 9.17) is 14.2 Å². The zero-order chi connectivity index (χ0) is 15.3. The molecular formula is C16H21NO4. The van der Waals surface area contributed by atoms with Crippen LogP contribution in [0.3, 0.4) is 0 Å². The van der Waals surface area contributed by atoms with E-state index in [9.17, 15) is 4.79 Å². The molecule has 1 fully saturated rings. The highest BCUT2D eigenvalue weighted by Gasteiger charge is 2.40. The van der Waals surface area contributed by atoms with Gasteiger partial charge in [-0.2, -0.15) is 4.99 Å². The van der Waals surface area contributed by atoms with Crippen LogP contribution in [0.5, 0.6) is 11.5 Å². The molecule has 0 saturated heterocycles. The van der Waals surface area contributed by atoms with Crippen molar-refractivity contribution in [1.29, 1.82) is 0 Å². The van der Waals surface area contributed by atoms with E-state index in [1.165, 1.54) is 0 Å². The Bertz CT molecular complexity index is 543. The number of hydrogen-bond acceptors (Lipinski definition) is 5. The van der Waals surface area contributed by atoms with Gasteiger partial charge in [-0.3, -0.25) is 0 Å². The van der Waals surface area contributed by atoms with Gasteiger partial charge in [0.15, 0.2) is 11.5 Å². The summed E-state index contributed by atoms with van der Waals surface area (Å²) in [5.74, 6) is 1.27. The van der Waals surface area contributed by atoms with Crippen LogP contribution in [-0.2, 0) is 21.7 Å². The summed E-state index contributed by atoms with van der Waals surface area (Å²) in [5.41, 5.74) is 1.29. The van der Waals surface area contributed by atoms with Crippen molar-refractivity contribution < 1.29 is 19.0 Å². The van der Waals surface area contributed by atoms with Crippen molar-refractivity contribution in [3.05, 3.63) is 23.3 Å². The van der Waals surface area contributed by atoms with Gasteiger partial charge in [0.1, 0.15) is 5.54 Å². The van der Waals surface area contributed by atoms with Gasteiger partial charge in [-0.25, -0.2) is 4.79 Å². The number of benzene rings is 1. The third-order valence-corrected chi connectivity index (χ3v) is 4.09. The molecule has 21 heavy (non-hydrogen) atoms. The van der Waals surface area contributed by atoms with Crippen LogP contribution in [0.4, 0.5) is 0 Å². The zero-order valence-corrected chi connectivity index (χ0v) is 12.8. The third kappa shape index (κ3) is 2.80. The predicted octanol–water partition coefficient (Wildman–Crippen LogP) is 2.96. The Labute approximate surface area is 124 Å². The van der Waals surface area contributed by atoms with Gasteiger partial charge in [0.25, 0.3) is 0 Å². The Morgan fingerprint density at radius 3 is 2.43 bits per heavy atom. The van der Waals surface area contributed by atoms with E-state index in [0.29, 0.717) is 18.1 Å². The molecule has 2 rings (SSSR count). The lowest BCUT2D eigenvalue weighted by molar-refractivity contribution is 0.181. The maximum absolute atomic E-state index is 11.0. The lowest BCUT2D eigenvalue weighted by Gasteiger charge is -2.28. The highest BCUT2D eigenvalue weighted by atomic mass is 16.5. The minimum atomic E-state index is -0.574. The number of rotatable bonds is 6. The second kappa shape index (κ2) is 6.74. The predicted molar refractivity (Wildman–Crippen MR) is 78.5 cm³/mol. The molecule has 0 bridgehead atoms. The standard InChI is InChI=1S/C16H21NO4/c1-19-10-12-6-7-13(20-2)15(21-3)14(12)16(17-11-18)8-4-5-9-16/h6-7H,4-5,8-10H2,1-3H3. The van der Waals surface area contributed by atoms with Crippen LogP contribution in [0.15, 0.2) is 17.1 Å². The van der Waals surface area contributed by atoms with Crippen LogP contribution in [0.25, 0.3) is 0 Å². The second-order valence-electron chi connectivity index (χ2n) is 5.21. The van der Waals surface area contributed by atoms with Crippen molar-refractivity contribution in [2.75, 3.05) is 21.3 Å². The number of aliphatic imine (C=N–C) groups is 1. The van der Waals surface area contributed by atoms with Crippen molar-refractivity contribution in [2.45, 2.75) is 37.8 Å². The van der Waals surface area contributed by atoms with Gasteiger partial charge in [-0.05, 0) is 24.5 Å². The lowest BCUT2D eigenvalue weighted by atomic mass is 9.84. The summed E-state index contributed by atoms with van der Waals surface area (Å²) >= 11 is 0. The Hall–Kier alpha value is -1.84. The largest absolute Gasteiger partial charge is 0.493 e. The quantitative estimate of drug-likeness (QED) is 0.597. The zero-order valence-electron chi connectivity index (χ0n) is 12.8. The number of ether oxygens (including phenoxy) is 3. The van der Waals surface area contributed by atoms with Crippen LogP contribution in [-0.4, -0.2) is 27.4 Å². The van der Waals surface area contributed by atoms with Crippen molar-refractivity contribution >= 4 is 6.08 Å². The molecular weight excluding hydrogens is 270 g/mol. The van der Waals surface area contributed by atoms with Gasteiger partial charge in [-0.15, -0.1) is 0 Å². The summed E-state index contributed by atoms with van der Waals surface area (Å²) in [5, 5.41) is 0.